The molecule has 0 saturated heterocycles. The van der Waals surface area contributed by atoms with E-state index in [0.717, 1.165) is 5.39 Å². The summed E-state index contributed by atoms with van der Waals surface area (Å²) < 4.78 is 4.77. The molecule has 0 aliphatic carbocycles. The summed E-state index contributed by atoms with van der Waals surface area (Å²) in [6, 6.07) is 15.5. The van der Waals surface area contributed by atoms with Gasteiger partial charge in [0.1, 0.15) is 11.7 Å². The first-order chi connectivity index (χ1) is 13.5. The molecule has 2 aromatic carbocycles. The van der Waals surface area contributed by atoms with Gasteiger partial charge in [0.2, 0.25) is 0 Å². The number of carbonyl (C=O) groups excluding carboxylic acids is 2. The monoisotopic (exact) mass is 379 g/mol. The summed E-state index contributed by atoms with van der Waals surface area (Å²) in [7, 11) is 1.23. The molecular formula is C20H17N3O5. The van der Waals surface area contributed by atoms with Gasteiger partial charge < -0.3 is 10.1 Å². The van der Waals surface area contributed by atoms with Gasteiger partial charge >= 0.3 is 5.97 Å². The van der Waals surface area contributed by atoms with Crippen molar-refractivity contribution in [2.75, 3.05) is 7.11 Å². The molecule has 28 heavy (non-hydrogen) atoms. The zero-order chi connectivity index (χ0) is 20.1. The lowest BCUT2D eigenvalue weighted by atomic mass is 10.1. The van der Waals surface area contributed by atoms with Crippen LogP contribution in [0, 0.1) is 10.1 Å². The predicted octanol–water partition coefficient (Wildman–Crippen LogP) is 2.66. The molecule has 0 aliphatic heterocycles. The molecule has 0 aliphatic rings. The maximum Gasteiger partial charge on any atom is 0.328 e. The number of benzene rings is 2. The quantitative estimate of drug-likeness (QED) is 0.400. The number of amides is 1. The molecule has 0 saturated carbocycles. The van der Waals surface area contributed by atoms with Crippen LogP contribution in [0.2, 0.25) is 0 Å². The number of non-ortho nitro benzene ring substituents is 1. The van der Waals surface area contributed by atoms with Gasteiger partial charge in [0, 0.05) is 23.9 Å². The Labute approximate surface area is 160 Å². The minimum absolute atomic E-state index is 0.0530. The number of hydrogen-bond acceptors (Lipinski definition) is 6. The van der Waals surface area contributed by atoms with E-state index in [1.165, 1.54) is 31.4 Å². The number of hydrogen-bond donors (Lipinski definition) is 1. The molecule has 3 rings (SSSR count). The molecule has 1 atom stereocenters. The highest BCUT2D eigenvalue weighted by Gasteiger charge is 2.23. The van der Waals surface area contributed by atoms with E-state index in [9.17, 15) is 19.7 Å². The summed E-state index contributed by atoms with van der Waals surface area (Å²) >= 11 is 0. The number of para-hydroxylation sites is 1. The molecule has 1 aromatic heterocycles. The van der Waals surface area contributed by atoms with Gasteiger partial charge in [-0.2, -0.15) is 0 Å². The van der Waals surface area contributed by atoms with Crippen molar-refractivity contribution in [3.8, 4) is 0 Å². The lowest BCUT2D eigenvalue weighted by molar-refractivity contribution is -0.384. The summed E-state index contributed by atoms with van der Waals surface area (Å²) in [5, 5.41) is 14.3. The second kappa shape index (κ2) is 8.26. The van der Waals surface area contributed by atoms with E-state index >= 15 is 0 Å². The number of rotatable bonds is 6. The first kappa shape index (κ1) is 19.0. The number of pyridine rings is 1. The second-order valence-electron chi connectivity index (χ2n) is 6.07. The van der Waals surface area contributed by atoms with Crippen LogP contribution in [0.1, 0.15) is 16.1 Å². The number of aromatic nitrogens is 1. The van der Waals surface area contributed by atoms with Gasteiger partial charge in [0.25, 0.3) is 11.6 Å². The standard InChI is InChI=1S/C20H17N3O5/c1-28-20(25)18(12-13-6-9-15(10-7-13)23(26)27)22-19(24)17-11-8-14-4-2-3-5-16(14)21-17/h2-11,18H,12H2,1H3,(H,22,24)/t18-/m0/s1. The van der Waals surface area contributed by atoms with Crippen LogP contribution in [-0.2, 0) is 16.0 Å². The first-order valence-electron chi connectivity index (χ1n) is 8.46. The average Bonchev–Trinajstić information content (AvgIpc) is 2.72. The minimum Gasteiger partial charge on any atom is -0.467 e. The van der Waals surface area contributed by atoms with E-state index in [-0.39, 0.29) is 17.8 Å². The fourth-order valence-electron chi connectivity index (χ4n) is 2.75. The molecule has 8 nitrogen and oxygen atoms in total. The molecule has 0 radical (unpaired) electrons. The molecule has 1 heterocycles. The maximum absolute atomic E-state index is 12.6. The van der Waals surface area contributed by atoms with Gasteiger partial charge in [-0.3, -0.25) is 14.9 Å². The largest absolute Gasteiger partial charge is 0.467 e. The van der Waals surface area contributed by atoms with E-state index in [0.29, 0.717) is 11.1 Å². The number of fused-ring (bicyclic) bond motifs is 1. The lowest BCUT2D eigenvalue weighted by Gasteiger charge is -2.16. The number of nitro benzene ring substituents is 1. The van der Waals surface area contributed by atoms with Gasteiger partial charge in [-0.25, -0.2) is 9.78 Å². The maximum atomic E-state index is 12.6. The summed E-state index contributed by atoms with van der Waals surface area (Å²) in [6.07, 6.45) is 0.129. The Hall–Kier alpha value is -3.81. The van der Waals surface area contributed by atoms with E-state index in [2.05, 4.69) is 10.3 Å². The summed E-state index contributed by atoms with van der Waals surface area (Å²) in [4.78, 5) is 39.2. The molecular weight excluding hydrogens is 362 g/mol. The van der Waals surface area contributed by atoms with Crippen LogP contribution in [0.25, 0.3) is 10.9 Å². The minimum atomic E-state index is -0.952. The Morgan fingerprint density at radius 1 is 1.11 bits per heavy atom. The van der Waals surface area contributed by atoms with Crippen molar-refractivity contribution >= 4 is 28.5 Å². The van der Waals surface area contributed by atoms with Crippen molar-refractivity contribution in [2.45, 2.75) is 12.5 Å². The molecule has 3 aromatic rings. The van der Waals surface area contributed by atoms with Crippen LogP contribution in [-0.4, -0.2) is 34.9 Å². The normalized spacial score (nSPS) is 11.6. The highest BCUT2D eigenvalue weighted by atomic mass is 16.6. The molecule has 0 bridgehead atoms. The van der Waals surface area contributed by atoms with Crippen LogP contribution in [0.3, 0.4) is 0 Å². The number of nitrogens with zero attached hydrogens (tertiary/aromatic N) is 2. The highest BCUT2D eigenvalue weighted by molar-refractivity contribution is 5.97. The second-order valence-corrected chi connectivity index (χ2v) is 6.07. The molecule has 1 amide bonds. The average molecular weight is 379 g/mol. The fourth-order valence-corrected chi connectivity index (χ4v) is 2.75. The third-order valence-electron chi connectivity index (χ3n) is 4.21. The zero-order valence-electron chi connectivity index (χ0n) is 15.0. The number of esters is 1. The zero-order valence-corrected chi connectivity index (χ0v) is 15.0. The van der Waals surface area contributed by atoms with Crippen molar-refractivity contribution in [1.82, 2.24) is 10.3 Å². The Morgan fingerprint density at radius 2 is 1.82 bits per heavy atom. The molecule has 8 heteroatoms. The SMILES string of the molecule is COC(=O)[C@H](Cc1ccc([N+](=O)[O-])cc1)NC(=O)c1ccc2ccccc2n1. The smallest absolute Gasteiger partial charge is 0.328 e. The summed E-state index contributed by atoms with van der Waals surface area (Å²) in [5.74, 6) is -1.13. The van der Waals surface area contributed by atoms with Gasteiger partial charge in [0.05, 0.1) is 17.5 Å². The van der Waals surface area contributed by atoms with Crippen LogP contribution < -0.4 is 5.32 Å². The third kappa shape index (κ3) is 4.29. The van der Waals surface area contributed by atoms with Crippen molar-refractivity contribution in [1.29, 1.82) is 0 Å². The highest BCUT2D eigenvalue weighted by Crippen LogP contribution is 2.15. The van der Waals surface area contributed by atoms with Crippen molar-refractivity contribution in [3.63, 3.8) is 0 Å². The van der Waals surface area contributed by atoms with Crippen LogP contribution in [0.4, 0.5) is 5.69 Å². The number of carbonyl (C=O) groups is 2. The van der Waals surface area contributed by atoms with Crippen LogP contribution in [0.15, 0.2) is 60.7 Å². The molecule has 0 fully saturated rings. The Bertz CT molecular complexity index is 1030. The van der Waals surface area contributed by atoms with Gasteiger partial charge in [-0.15, -0.1) is 0 Å². The van der Waals surface area contributed by atoms with E-state index in [1.54, 1.807) is 18.2 Å². The van der Waals surface area contributed by atoms with Gasteiger partial charge in [0.15, 0.2) is 0 Å². The number of methoxy groups -OCH3 is 1. The third-order valence-corrected chi connectivity index (χ3v) is 4.21. The van der Waals surface area contributed by atoms with Crippen molar-refractivity contribution in [3.05, 3.63) is 82.0 Å². The van der Waals surface area contributed by atoms with Crippen LogP contribution in [0.5, 0.6) is 0 Å². The Balaban J connectivity index is 1.78. The number of nitro groups is 1. The van der Waals surface area contributed by atoms with Crippen molar-refractivity contribution in [2.24, 2.45) is 0 Å². The molecule has 1 N–H and O–H groups in total. The molecule has 0 unspecified atom stereocenters. The Kier molecular flexibility index (Phi) is 5.59. The topological polar surface area (TPSA) is 111 Å². The van der Waals surface area contributed by atoms with Gasteiger partial charge in [-0.1, -0.05) is 36.4 Å². The number of nitrogens with one attached hydrogen (secondary N) is 1. The molecule has 142 valence electrons. The fraction of sp³-hybridized carbons (Fsp3) is 0.150. The lowest BCUT2D eigenvalue weighted by Crippen LogP contribution is -2.43. The first-order valence-corrected chi connectivity index (χ1v) is 8.46. The number of ether oxygens (including phenoxy) is 1. The van der Waals surface area contributed by atoms with Crippen molar-refractivity contribution < 1.29 is 19.2 Å². The summed E-state index contributed by atoms with van der Waals surface area (Å²) in [5.41, 5.74) is 1.44. The van der Waals surface area contributed by atoms with Crippen LogP contribution >= 0.6 is 0 Å². The molecule has 0 spiro atoms. The van der Waals surface area contributed by atoms with E-state index in [4.69, 9.17) is 4.74 Å². The predicted molar refractivity (Wildman–Crippen MR) is 102 cm³/mol. The Morgan fingerprint density at radius 3 is 2.50 bits per heavy atom. The van der Waals surface area contributed by atoms with E-state index < -0.39 is 22.8 Å². The van der Waals surface area contributed by atoms with Gasteiger partial charge in [-0.05, 0) is 17.7 Å². The summed E-state index contributed by atoms with van der Waals surface area (Å²) in [6.45, 7) is 0. The van der Waals surface area contributed by atoms with E-state index in [1.807, 2.05) is 18.2 Å².